The first-order valence-corrected chi connectivity index (χ1v) is 10.3. The van der Waals surface area contributed by atoms with Crippen LogP contribution in [0.25, 0.3) is 10.6 Å². The number of nitrogens with one attached hydrogen (secondary N) is 1. The van der Waals surface area contributed by atoms with Gasteiger partial charge in [0, 0.05) is 43.2 Å². The molecular formula is C20H25ClN4O2S. The monoisotopic (exact) mass is 420 g/mol. The van der Waals surface area contributed by atoms with Gasteiger partial charge in [-0.15, -0.1) is 23.7 Å². The summed E-state index contributed by atoms with van der Waals surface area (Å²) in [4.78, 5) is 33.6. The Morgan fingerprint density at radius 2 is 2.11 bits per heavy atom. The molecule has 6 nitrogen and oxygen atoms in total. The zero-order valence-corrected chi connectivity index (χ0v) is 17.5. The van der Waals surface area contributed by atoms with Gasteiger partial charge >= 0.3 is 0 Å². The van der Waals surface area contributed by atoms with Gasteiger partial charge in [-0.05, 0) is 25.3 Å². The van der Waals surface area contributed by atoms with Crippen LogP contribution in [0.2, 0.25) is 0 Å². The van der Waals surface area contributed by atoms with Gasteiger partial charge in [0.1, 0.15) is 10.7 Å². The number of thiazole rings is 1. The summed E-state index contributed by atoms with van der Waals surface area (Å²) in [6.45, 7) is 5.32. The lowest BCUT2D eigenvalue weighted by Crippen LogP contribution is -2.57. The Morgan fingerprint density at radius 3 is 2.89 bits per heavy atom. The normalized spacial score (nSPS) is 20.0. The van der Waals surface area contributed by atoms with Crippen molar-refractivity contribution in [1.82, 2.24) is 20.1 Å². The molecule has 2 aromatic rings. The Bertz CT molecular complexity index is 856. The number of benzene rings is 1. The summed E-state index contributed by atoms with van der Waals surface area (Å²) >= 11 is 1.51. The minimum atomic E-state index is -0.0293. The second kappa shape index (κ2) is 9.03. The molecule has 1 aromatic heterocycles. The van der Waals surface area contributed by atoms with E-state index in [1.165, 1.54) is 11.3 Å². The highest BCUT2D eigenvalue weighted by Gasteiger charge is 2.32. The quantitative estimate of drug-likeness (QED) is 0.828. The number of rotatable bonds is 3. The molecule has 8 heteroatoms. The molecule has 1 unspecified atom stereocenters. The van der Waals surface area contributed by atoms with Crippen LogP contribution in [-0.2, 0) is 4.79 Å². The van der Waals surface area contributed by atoms with E-state index < -0.39 is 0 Å². The Kier molecular flexibility index (Phi) is 6.69. The third-order valence-electron chi connectivity index (χ3n) is 5.35. The number of aryl methyl sites for hydroxylation is 1. The molecule has 2 amide bonds. The molecule has 0 spiro atoms. The number of carbonyl (C=O) groups is 2. The highest BCUT2D eigenvalue weighted by Crippen LogP contribution is 2.27. The number of carbonyl (C=O) groups excluding carboxylic acids is 2. The highest BCUT2D eigenvalue weighted by molar-refractivity contribution is 7.13. The largest absolute Gasteiger partial charge is 0.336 e. The van der Waals surface area contributed by atoms with Gasteiger partial charge < -0.3 is 15.1 Å². The maximum atomic E-state index is 13.0. The van der Waals surface area contributed by atoms with E-state index in [1.807, 2.05) is 33.4 Å². The maximum absolute atomic E-state index is 13.0. The minimum Gasteiger partial charge on any atom is -0.336 e. The van der Waals surface area contributed by atoms with E-state index in [0.717, 1.165) is 48.6 Å². The number of aromatic nitrogens is 1. The van der Waals surface area contributed by atoms with E-state index in [1.54, 1.807) is 0 Å². The number of halogens is 1. The van der Waals surface area contributed by atoms with E-state index in [0.29, 0.717) is 18.8 Å². The molecule has 28 heavy (non-hydrogen) atoms. The molecule has 3 heterocycles. The van der Waals surface area contributed by atoms with Crippen LogP contribution < -0.4 is 5.32 Å². The molecule has 1 atom stereocenters. The fraction of sp³-hybridized carbons (Fsp3) is 0.450. The van der Waals surface area contributed by atoms with Crippen LogP contribution in [0.4, 0.5) is 0 Å². The van der Waals surface area contributed by atoms with Gasteiger partial charge in [0.2, 0.25) is 5.91 Å². The van der Waals surface area contributed by atoms with Crippen molar-refractivity contribution >= 4 is 35.6 Å². The molecule has 2 fully saturated rings. The van der Waals surface area contributed by atoms with Crippen molar-refractivity contribution in [2.75, 3.05) is 32.7 Å². The van der Waals surface area contributed by atoms with Crippen molar-refractivity contribution in [3.63, 3.8) is 0 Å². The van der Waals surface area contributed by atoms with E-state index in [9.17, 15) is 9.59 Å². The summed E-state index contributed by atoms with van der Waals surface area (Å²) in [5.74, 6) is 0.106. The minimum absolute atomic E-state index is 0. The number of piperidine rings is 1. The van der Waals surface area contributed by atoms with Crippen molar-refractivity contribution in [1.29, 1.82) is 0 Å². The molecule has 2 aliphatic rings. The number of hydrogen-bond donors (Lipinski definition) is 1. The van der Waals surface area contributed by atoms with Gasteiger partial charge in [-0.1, -0.05) is 24.3 Å². The molecule has 2 saturated heterocycles. The average molecular weight is 421 g/mol. The van der Waals surface area contributed by atoms with Crippen molar-refractivity contribution in [2.45, 2.75) is 25.8 Å². The highest BCUT2D eigenvalue weighted by atomic mass is 35.5. The average Bonchev–Trinajstić information content (AvgIpc) is 3.18. The summed E-state index contributed by atoms with van der Waals surface area (Å²) in [5.41, 5.74) is 2.73. The predicted molar refractivity (Wildman–Crippen MR) is 113 cm³/mol. The molecule has 4 rings (SSSR count). The van der Waals surface area contributed by atoms with Crippen LogP contribution in [0.1, 0.15) is 28.9 Å². The van der Waals surface area contributed by atoms with E-state index in [4.69, 9.17) is 0 Å². The van der Waals surface area contributed by atoms with Crippen molar-refractivity contribution < 1.29 is 9.59 Å². The predicted octanol–water partition coefficient (Wildman–Crippen LogP) is 2.58. The lowest BCUT2D eigenvalue weighted by atomic mass is 10.0. The summed E-state index contributed by atoms with van der Waals surface area (Å²) in [5, 5.41) is 5.83. The number of hydrogen-bond acceptors (Lipinski definition) is 5. The Labute approximate surface area is 175 Å². The first kappa shape index (κ1) is 20.8. The lowest BCUT2D eigenvalue weighted by molar-refractivity contribution is -0.135. The molecule has 150 valence electrons. The fourth-order valence-electron chi connectivity index (χ4n) is 3.87. The van der Waals surface area contributed by atoms with Gasteiger partial charge in [0.15, 0.2) is 0 Å². The van der Waals surface area contributed by atoms with E-state index >= 15 is 0 Å². The van der Waals surface area contributed by atoms with Gasteiger partial charge in [-0.25, -0.2) is 4.98 Å². The molecule has 1 N–H and O–H groups in total. The third-order valence-corrected chi connectivity index (χ3v) is 6.22. The standard InChI is InChI=1S/C20H24N4O2S.ClH/c1-14-5-2-3-7-16(14)19-22-17(13-27-19)20(26)23-9-4-6-15(12-23)24-10-8-21-11-18(24)25;/h2-3,5,7,13,15,21H,4,6,8-12H2,1H3;1H. The summed E-state index contributed by atoms with van der Waals surface area (Å²) in [6.07, 6.45) is 1.88. The zero-order valence-electron chi connectivity index (χ0n) is 15.9. The molecule has 0 radical (unpaired) electrons. The summed E-state index contributed by atoms with van der Waals surface area (Å²) in [7, 11) is 0. The third kappa shape index (κ3) is 4.21. The first-order valence-electron chi connectivity index (χ1n) is 9.44. The molecule has 1 aromatic carbocycles. The van der Waals surface area contributed by atoms with E-state index in [2.05, 4.69) is 23.3 Å². The van der Waals surface area contributed by atoms with Gasteiger partial charge in [-0.3, -0.25) is 9.59 Å². The van der Waals surface area contributed by atoms with Gasteiger partial charge in [0.25, 0.3) is 5.91 Å². The second-order valence-electron chi connectivity index (χ2n) is 7.16. The first-order chi connectivity index (χ1) is 13.1. The molecule has 0 aliphatic carbocycles. The van der Waals surface area contributed by atoms with Crippen LogP contribution in [0, 0.1) is 6.92 Å². The molecule has 2 aliphatic heterocycles. The summed E-state index contributed by atoms with van der Waals surface area (Å²) in [6, 6.07) is 8.20. The SMILES string of the molecule is Cc1ccccc1-c1nc(C(=O)N2CCCC(N3CCNCC3=O)C2)cs1.Cl. The topological polar surface area (TPSA) is 65.5 Å². The van der Waals surface area contributed by atoms with Crippen LogP contribution in [0.5, 0.6) is 0 Å². The van der Waals surface area contributed by atoms with E-state index in [-0.39, 0.29) is 30.3 Å². The van der Waals surface area contributed by atoms with Crippen LogP contribution in [0.3, 0.4) is 0 Å². The fourth-order valence-corrected chi connectivity index (χ4v) is 4.76. The number of piperazine rings is 1. The zero-order chi connectivity index (χ0) is 18.8. The van der Waals surface area contributed by atoms with Crippen molar-refractivity contribution in [3.8, 4) is 10.6 Å². The second-order valence-corrected chi connectivity index (χ2v) is 8.02. The Morgan fingerprint density at radius 1 is 1.29 bits per heavy atom. The van der Waals surface area contributed by atoms with Crippen LogP contribution in [0.15, 0.2) is 29.6 Å². The smallest absolute Gasteiger partial charge is 0.273 e. The number of likely N-dealkylation sites (tertiary alicyclic amines) is 1. The molecule has 0 saturated carbocycles. The van der Waals surface area contributed by atoms with Gasteiger partial charge in [0.05, 0.1) is 6.54 Å². The van der Waals surface area contributed by atoms with Crippen LogP contribution in [-0.4, -0.2) is 65.4 Å². The van der Waals surface area contributed by atoms with Gasteiger partial charge in [-0.2, -0.15) is 0 Å². The van der Waals surface area contributed by atoms with Crippen molar-refractivity contribution in [2.24, 2.45) is 0 Å². The number of nitrogens with zero attached hydrogens (tertiary/aromatic N) is 3. The Hall–Kier alpha value is -1.96. The molecule has 0 bridgehead atoms. The molecular weight excluding hydrogens is 396 g/mol. The van der Waals surface area contributed by atoms with Crippen LogP contribution >= 0.6 is 23.7 Å². The summed E-state index contributed by atoms with van der Waals surface area (Å²) < 4.78 is 0. The number of amides is 2. The van der Waals surface area contributed by atoms with Crippen molar-refractivity contribution in [3.05, 3.63) is 40.9 Å². The lowest BCUT2D eigenvalue weighted by Gasteiger charge is -2.40. The maximum Gasteiger partial charge on any atom is 0.273 e. The Balaban J connectivity index is 0.00000225.